The van der Waals surface area contributed by atoms with Crippen LogP contribution in [0.2, 0.25) is 0 Å². The highest BCUT2D eigenvalue weighted by Crippen LogP contribution is 2.30. The third-order valence-corrected chi connectivity index (χ3v) is 5.96. The first-order valence-corrected chi connectivity index (χ1v) is 10.1. The van der Waals surface area contributed by atoms with Gasteiger partial charge in [-0.3, -0.25) is 10.2 Å². The van der Waals surface area contributed by atoms with Crippen molar-refractivity contribution in [3.05, 3.63) is 35.4 Å². The summed E-state index contributed by atoms with van der Waals surface area (Å²) in [5, 5.41) is 15.7. The molecule has 0 spiro atoms. The molecule has 0 unspecified atom stereocenters. The fourth-order valence-corrected chi connectivity index (χ4v) is 4.24. The summed E-state index contributed by atoms with van der Waals surface area (Å²) >= 11 is 3.04. The van der Waals surface area contributed by atoms with Crippen LogP contribution in [0.3, 0.4) is 0 Å². The van der Waals surface area contributed by atoms with Gasteiger partial charge in [-0.25, -0.2) is 0 Å². The van der Waals surface area contributed by atoms with E-state index >= 15 is 0 Å². The first-order valence-electron chi connectivity index (χ1n) is 8.05. The Kier molecular flexibility index (Phi) is 4.39. The van der Waals surface area contributed by atoms with Crippen LogP contribution in [0.5, 0.6) is 0 Å². The van der Waals surface area contributed by atoms with E-state index in [1.807, 2.05) is 30.5 Å². The predicted octanol–water partition coefficient (Wildman–Crippen LogP) is 3.08. The van der Waals surface area contributed by atoms with Crippen molar-refractivity contribution >= 4 is 51.7 Å². The number of carbonyl (C=O) groups excluding carboxylic acids is 1. The highest BCUT2D eigenvalue weighted by atomic mass is 32.2. The van der Waals surface area contributed by atoms with Gasteiger partial charge in [-0.2, -0.15) is 10.0 Å². The van der Waals surface area contributed by atoms with Gasteiger partial charge < -0.3 is 4.90 Å². The quantitative estimate of drug-likeness (QED) is 0.639. The van der Waals surface area contributed by atoms with Crippen LogP contribution in [0.25, 0.3) is 6.08 Å². The van der Waals surface area contributed by atoms with Gasteiger partial charge in [0.1, 0.15) is 0 Å². The van der Waals surface area contributed by atoms with Crippen LogP contribution in [-0.2, 0) is 4.79 Å². The third kappa shape index (κ3) is 3.11. The van der Waals surface area contributed by atoms with E-state index in [2.05, 4.69) is 15.0 Å². The molecular weight excluding hydrogens is 354 g/mol. The van der Waals surface area contributed by atoms with E-state index in [-0.39, 0.29) is 17.3 Å². The van der Waals surface area contributed by atoms with Gasteiger partial charge in [0.2, 0.25) is 5.17 Å². The molecule has 0 saturated carbocycles. The van der Waals surface area contributed by atoms with E-state index in [0.29, 0.717) is 5.17 Å². The zero-order valence-electron chi connectivity index (χ0n) is 13.7. The molecule has 0 aromatic heterocycles. The number of amidine groups is 3. The maximum absolute atomic E-state index is 12.4. The Balaban J connectivity index is 1.62. The molecule has 6 nitrogen and oxygen atoms in total. The largest absolute Gasteiger partial charge is 0.349 e. The van der Waals surface area contributed by atoms with Crippen LogP contribution in [0.15, 0.2) is 44.8 Å². The summed E-state index contributed by atoms with van der Waals surface area (Å²) in [5.41, 5.74) is 1.15. The number of aliphatic imine (C=N–C) groups is 1. The van der Waals surface area contributed by atoms with Crippen LogP contribution in [0.1, 0.15) is 18.4 Å². The van der Waals surface area contributed by atoms with Gasteiger partial charge in [-0.15, -0.1) is 16.9 Å². The van der Waals surface area contributed by atoms with Gasteiger partial charge in [0, 0.05) is 18.0 Å². The standard InChI is InChI=1S/C17H17N5OS2/c1-24-12-6-4-11(5-7-12)10-13-14(18)22-16(19-15(13)23)25-17(20-22)21-8-2-3-9-21/h4-7,10,18H,2-3,8-9H2,1H3/b13-10+,18-14?. The molecule has 3 aliphatic rings. The molecule has 1 amide bonds. The first kappa shape index (κ1) is 16.4. The number of nitrogens with zero attached hydrogens (tertiary/aromatic N) is 4. The van der Waals surface area contributed by atoms with E-state index in [9.17, 15) is 4.79 Å². The topological polar surface area (TPSA) is 72.1 Å². The summed E-state index contributed by atoms with van der Waals surface area (Å²) in [5.74, 6) is -0.291. The van der Waals surface area contributed by atoms with Crippen molar-refractivity contribution in [2.75, 3.05) is 19.3 Å². The summed E-state index contributed by atoms with van der Waals surface area (Å²) in [7, 11) is 0. The summed E-state index contributed by atoms with van der Waals surface area (Å²) in [6.45, 7) is 1.94. The second kappa shape index (κ2) is 6.68. The van der Waals surface area contributed by atoms with Crippen molar-refractivity contribution in [2.45, 2.75) is 17.7 Å². The van der Waals surface area contributed by atoms with Crippen LogP contribution >= 0.6 is 23.5 Å². The van der Waals surface area contributed by atoms with Gasteiger partial charge in [-0.05, 0) is 54.6 Å². The van der Waals surface area contributed by atoms with E-state index in [4.69, 9.17) is 5.41 Å². The molecule has 128 valence electrons. The molecule has 1 aromatic rings. The Morgan fingerprint density at radius 1 is 1.20 bits per heavy atom. The van der Waals surface area contributed by atoms with Crippen LogP contribution < -0.4 is 0 Å². The number of thioether (sulfide) groups is 2. The summed E-state index contributed by atoms with van der Waals surface area (Å²) < 4.78 is 0. The molecule has 0 radical (unpaired) electrons. The van der Waals surface area contributed by atoms with Gasteiger partial charge in [0.05, 0.1) is 5.57 Å². The van der Waals surface area contributed by atoms with E-state index in [0.717, 1.165) is 41.6 Å². The van der Waals surface area contributed by atoms with Crippen molar-refractivity contribution < 1.29 is 4.79 Å². The van der Waals surface area contributed by atoms with E-state index < -0.39 is 0 Å². The second-order valence-corrected chi connectivity index (χ2v) is 7.68. The second-order valence-electron chi connectivity index (χ2n) is 5.87. The molecule has 3 aliphatic heterocycles. The maximum atomic E-state index is 12.4. The molecule has 4 rings (SSSR count). The first-order chi connectivity index (χ1) is 12.2. The molecule has 0 aliphatic carbocycles. The fourth-order valence-electron chi connectivity index (χ4n) is 2.89. The Morgan fingerprint density at radius 2 is 1.92 bits per heavy atom. The number of likely N-dealkylation sites (tertiary alicyclic amines) is 1. The molecule has 1 N–H and O–H groups in total. The fraction of sp³-hybridized carbons (Fsp3) is 0.294. The number of hydrazone groups is 1. The summed E-state index contributed by atoms with van der Waals surface area (Å²) in [4.78, 5) is 19.9. The molecule has 1 fully saturated rings. The number of hydrogen-bond donors (Lipinski definition) is 1. The number of amides is 1. The van der Waals surface area contributed by atoms with Crippen LogP contribution in [-0.4, -0.2) is 51.3 Å². The highest BCUT2D eigenvalue weighted by molar-refractivity contribution is 8.26. The van der Waals surface area contributed by atoms with Gasteiger partial charge in [0.25, 0.3) is 5.91 Å². The minimum atomic E-state index is -0.379. The molecular formula is C17H17N5OS2. The van der Waals surface area contributed by atoms with Crippen molar-refractivity contribution in [3.8, 4) is 0 Å². The number of hydrogen-bond acceptors (Lipinski definition) is 6. The van der Waals surface area contributed by atoms with Crippen molar-refractivity contribution in [1.29, 1.82) is 5.41 Å². The number of nitrogens with one attached hydrogen (secondary N) is 1. The van der Waals surface area contributed by atoms with E-state index in [1.54, 1.807) is 17.8 Å². The molecule has 8 heteroatoms. The van der Waals surface area contributed by atoms with Crippen LogP contribution in [0.4, 0.5) is 0 Å². The molecule has 3 heterocycles. The average molecular weight is 371 g/mol. The minimum Gasteiger partial charge on any atom is -0.349 e. The Hall–Kier alpha value is -2.06. The number of benzene rings is 1. The van der Waals surface area contributed by atoms with E-state index in [1.165, 1.54) is 16.8 Å². The maximum Gasteiger partial charge on any atom is 0.283 e. The number of carbonyl (C=O) groups is 1. The lowest BCUT2D eigenvalue weighted by atomic mass is 10.1. The van der Waals surface area contributed by atoms with Crippen molar-refractivity contribution in [1.82, 2.24) is 9.91 Å². The number of rotatable bonds is 2. The smallest absolute Gasteiger partial charge is 0.283 e. The molecule has 1 saturated heterocycles. The zero-order chi connectivity index (χ0) is 17.4. The lowest BCUT2D eigenvalue weighted by Gasteiger charge is -2.20. The number of fused-ring (bicyclic) bond motifs is 1. The van der Waals surface area contributed by atoms with Crippen LogP contribution in [0, 0.1) is 5.41 Å². The van der Waals surface area contributed by atoms with Crippen molar-refractivity contribution in [3.63, 3.8) is 0 Å². The lowest BCUT2D eigenvalue weighted by Crippen LogP contribution is -2.35. The molecule has 0 bridgehead atoms. The third-order valence-electron chi connectivity index (χ3n) is 4.25. The molecule has 25 heavy (non-hydrogen) atoms. The molecule has 0 atom stereocenters. The van der Waals surface area contributed by atoms with Gasteiger partial charge >= 0.3 is 0 Å². The Bertz CT molecular complexity index is 822. The Morgan fingerprint density at radius 3 is 2.60 bits per heavy atom. The Labute approximate surface area is 154 Å². The monoisotopic (exact) mass is 371 g/mol. The minimum absolute atomic E-state index is 0.0886. The lowest BCUT2D eigenvalue weighted by molar-refractivity contribution is -0.114. The average Bonchev–Trinajstić information content (AvgIpc) is 3.28. The summed E-state index contributed by atoms with van der Waals surface area (Å²) in [6, 6.07) is 7.88. The van der Waals surface area contributed by atoms with Gasteiger partial charge in [-0.1, -0.05) is 12.1 Å². The SMILES string of the molecule is CSc1ccc(/C=C2\C(=N)N3N=C(N4CCCC4)SC3=NC2=O)cc1. The van der Waals surface area contributed by atoms with Gasteiger partial charge in [0.15, 0.2) is 11.0 Å². The summed E-state index contributed by atoms with van der Waals surface area (Å²) in [6.07, 6.45) is 6.04. The normalized spacial score (nSPS) is 21.7. The zero-order valence-corrected chi connectivity index (χ0v) is 15.4. The van der Waals surface area contributed by atoms with Crippen molar-refractivity contribution in [2.24, 2.45) is 10.1 Å². The predicted molar refractivity (Wildman–Crippen MR) is 104 cm³/mol. The highest BCUT2D eigenvalue weighted by Gasteiger charge is 2.37. The molecule has 1 aromatic carbocycles.